The summed E-state index contributed by atoms with van der Waals surface area (Å²) in [7, 11) is 0. The normalized spacial score (nSPS) is 10.2. The third-order valence-electron chi connectivity index (χ3n) is 2.76. The van der Waals surface area contributed by atoms with Crippen LogP contribution < -0.4 is 0 Å². The van der Waals surface area contributed by atoms with E-state index in [1.54, 1.807) is 6.07 Å². The second-order valence-corrected chi connectivity index (χ2v) is 4.01. The van der Waals surface area contributed by atoms with Crippen molar-refractivity contribution in [3.8, 4) is 17.3 Å². The zero-order valence-corrected chi connectivity index (χ0v) is 10.1. The van der Waals surface area contributed by atoms with E-state index in [9.17, 15) is 4.79 Å². The molecule has 0 amide bonds. The van der Waals surface area contributed by atoms with Gasteiger partial charge in [0, 0.05) is 5.56 Å². The van der Waals surface area contributed by atoms with E-state index in [1.807, 2.05) is 13.0 Å². The summed E-state index contributed by atoms with van der Waals surface area (Å²) in [6.07, 6.45) is 0. The molecule has 2 aromatic rings. The van der Waals surface area contributed by atoms with Gasteiger partial charge in [0.2, 0.25) is 0 Å². The van der Waals surface area contributed by atoms with Crippen LogP contribution in [0.4, 0.5) is 0 Å². The third-order valence-corrected chi connectivity index (χ3v) is 2.76. The largest absolute Gasteiger partial charge is 0.478 e. The van der Waals surface area contributed by atoms with Gasteiger partial charge in [-0.05, 0) is 24.6 Å². The Labute approximate surface area is 109 Å². The molecule has 0 aliphatic rings. The number of rotatable bonds is 3. The van der Waals surface area contributed by atoms with Gasteiger partial charge in [-0.15, -0.1) is 0 Å². The molecule has 0 fully saturated rings. The first-order chi connectivity index (χ1) is 9.06. The van der Waals surface area contributed by atoms with Crippen LogP contribution >= 0.6 is 0 Å². The molecule has 1 aromatic carbocycles. The van der Waals surface area contributed by atoms with Crippen molar-refractivity contribution in [3.63, 3.8) is 0 Å². The summed E-state index contributed by atoms with van der Waals surface area (Å²) in [6.45, 7) is 1.49. The molecule has 19 heavy (non-hydrogen) atoms. The van der Waals surface area contributed by atoms with E-state index in [2.05, 4.69) is 9.97 Å². The molecule has 0 bridgehead atoms. The predicted octanol–water partition coefficient (Wildman–Crippen LogP) is 1.45. The lowest BCUT2D eigenvalue weighted by molar-refractivity contribution is 0.0697. The van der Waals surface area contributed by atoms with Crippen LogP contribution in [0.2, 0.25) is 0 Å². The monoisotopic (exact) mass is 257 g/mol. The maximum atomic E-state index is 11.0. The number of hydrogen-bond donors (Lipinski definition) is 3. The SMILES string of the molecule is Cc1ccc(C(=O)O)cc1-c1[nH]c(CO)nc1C#N. The fourth-order valence-electron chi connectivity index (χ4n) is 1.80. The second-order valence-electron chi connectivity index (χ2n) is 4.01. The summed E-state index contributed by atoms with van der Waals surface area (Å²) < 4.78 is 0. The molecule has 0 spiro atoms. The molecule has 1 heterocycles. The fourth-order valence-corrected chi connectivity index (χ4v) is 1.80. The minimum absolute atomic E-state index is 0.129. The number of carboxylic acids is 1. The first-order valence-corrected chi connectivity index (χ1v) is 5.51. The van der Waals surface area contributed by atoms with E-state index in [0.717, 1.165) is 5.56 Å². The van der Waals surface area contributed by atoms with Crippen molar-refractivity contribution < 1.29 is 15.0 Å². The number of aliphatic hydroxyl groups excluding tert-OH is 1. The van der Waals surface area contributed by atoms with Crippen LogP contribution in [0.15, 0.2) is 18.2 Å². The van der Waals surface area contributed by atoms with Crippen molar-refractivity contribution in [2.24, 2.45) is 0 Å². The summed E-state index contributed by atoms with van der Waals surface area (Å²) in [6, 6.07) is 6.57. The minimum Gasteiger partial charge on any atom is -0.478 e. The number of nitrogens with zero attached hydrogens (tertiary/aromatic N) is 2. The molecular weight excluding hydrogens is 246 g/mol. The summed E-state index contributed by atoms with van der Waals surface area (Å²) >= 11 is 0. The number of benzene rings is 1. The van der Waals surface area contributed by atoms with Gasteiger partial charge in [0.1, 0.15) is 18.5 Å². The second kappa shape index (κ2) is 4.92. The smallest absolute Gasteiger partial charge is 0.335 e. The highest BCUT2D eigenvalue weighted by molar-refractivity contribution is 5.90. The highest BCUT2D eigenvalue weighted by Gasteiger charge is 2.15. The van der Waals surface area contributed by atoms with Gasteiger partial charge in [0.05, 0.1) is 11.3 Å². The Kier molecular flexibility index (Phi) is 3.31. The van der Waals surface area contributed by atoms with Gasteiger partial charge in [-0.25, -0.2) is 9.78 Å². The van der Waals surface area contributed by atoms with E-state index in [-0.39, 0.29) is 23.7 Å². The van der Waals surface area contributed by atoms with Crippen LogP contribution in [0, 0.1) is 18.3 Å². The van der Waals surface area contributed by atoms with Crippen LogP contribution in [0.5, 0.6) is 0 Å². The van der Waals surface area contributed by atoms with E-state index in [4.69, 9.17) is 15.5 Å². The number of aromatic nitrogens is 2. The molecule has 0 atom stereocenters. The molecule has 1 aromatic heterocycles. The molecule has 2 rings (SSSR count). The number of hydrogen-bond acceptors (Lipinski definition) is 4. The standard InChI is InChI=1S/C13H11N3O3/c1-7-2-3-8(13(18)19)4-9(7)12-10(5-14)15-11(6-17)16-12/h2-4,17H,6H2,1H3,(H,15,16)(H,18,19). The van der Waals surface area contributed by atoms with Crippen LogP contribution in [-0.2, 0) is 6.61 Å². The number of H-pyrrole nitrogens is 1. The molecule has 0 radical (unpaired) electrons. The Hall–Kier alpha value is -2.65. The lowest BCUT2D eigenvalue weighted by atomic mass is 10.0. The molecule has 0 saturated carbocycles. The topological polar surface area (TPSA) is 110 Å². The zero-order valence-electron chi connectivity index (χ0n) is 10.1. The van der Waals surface area contributed by atoms with Gasteiger partial charge in [0.25, 0.3) is 0 Å². The Bertz CT molecular complexity index is 683. The Balaban J connectivity index is 2.64. The molecule has 6 heteroatoms. The Morgan fingerprint density at radius 1 is 1.53 bits per heavy atom. The lowest BCUT2D eigenvalue weighted by Gasteiger charge is -2.05. The van der Waals surface area contributed by atoms with Crippen molar-refractivity contribution in [2.45, 2.75) is 13.5 Å². The van der Waals surface area contributed by atoms with Crippen LogP contribution in [-0.4, -0.2) is 26.2 Å². The summed E-state index contributed by atoms with van der Waals surface area (Å²) in [5, 5.41) is 27.1. The zero-order chi connectivity index (χ0) is 14.0. The predicted molar refractivity (Wildman–Crippen MR) is 66.4 cm³/mol. The van der Waals surface area contributed by atoms with Gasteiger partial charge in [-0.2, -0.15) is 5.26 Å². The Morgan fingerprint density at radius 2 is 2.26 bits per heavy atom. The number of nitriles is 1. The number of aromatic amines is 1. The number of imidazole rings is 1. The van der Waals surface area contributed by atoms with E-state index < -0.39 is 5.97 Å². The van der Waals surface area contributed by atoms with Crippen molar-refractivity contribution in [1.29, 1.82) is 5.26 Å². The van der Waals surface area contributed by atoms with Crippen molar-refractivity contribution in [3.05, 3.63) is 40.8 Å². The average molecular weight is 257 g/mol. The van der Waals surface area contributed by atoms with Gasteiger partial charge < -0.3 is 15.2 Å². The van der Waals surface area contributed by atoms with Crippen molar-refractivity contribution >= 4 is 5.97 Å². The summed E-state index contributed by atoms with van der Waals surface area (Å²) in [4.78, 5) is 17.7. The number of carbonyl (C=O) groups is 1. The maximum Gasteiger partial charge on any atom is 0.335 e. The molecule has 0 unspecified atom stereocenters. The van der Waals surface area contributed by atoms with E-state index in [0.29, 0.717) is 11.3 Å². The highest BCUT2D eigenvalue weighted by atomic mass is 16.4. The Morgan fingerprint density at radius 3 is 2.84 bits per heavy atom. The molecule has 0 aliphatic heterocycles. The molecule has 96 valence electrons. The third kappa shape index (κ3) is 2.32. The number of aromatic carboxylic acids is 1. The summed E-state index contributed by atoms with van der Waals surface area (Å²) in [5.41, 5.74) is 2.09. The molecule has 6 nitrogen and oxygen atoms in total. The van der Waals surface area contributed by atoms with Gasteiger partial charge in [-0.3, -0.25) is 0 Å². The van der Waals surface area contributed by atoms with Crippen LogP contribution in [0.3, 0.4) is 0 Å². The lowest BCUT2D eigenvalue weighted by Crippen LogP contribution is -1.98. The molecule has 3 N–H and O–H groups in total. The first kappa shape index (κ1) is 12.8. The van der Waals surface area contributed by atoms with E-state index in [1.165, 1.54) is 12.1 Å². The van der Waals surface area contributed by atoms with Crippen molar-refractivity contribution in [2.75, 3.05) is 0 Å². The highest BCUT2D eigenvalue weighted by Crippen LogP contribution is 2.26. The average Bonchev–Trinajstić information content (AvgIpc) is 2.82. The van der Waals surface area contributed by atoms with E-state index >= 15 is 0 Å². The van der Waals surface area contributed by atoms with Crippen LogP contribution in [0.1, 0.15) is 27.4 Å². The number of aliphatic hydroxyl groups is 1. The molecular formula is C13H11N3O3. The minimum atomic E-state index is -1.04. The quantitative estimate of drug-likeness (QED) is 0.770. The molecule has 0 aliphatic carbocycles. The fraction of sp³-hybridized carbons (Fsp3) is 0.154. The van der Waals surface area contributed by atoms with Gasteiger partial charge in [-0.1, -0.05) is 6.07 Å². The number of aryl methyl sites for hydroxylation is 1. The maximum absolute atomic E-state index is 11.0. The first-order valence-electron chi connectivity index (χ1n) is 5.51. The van der Waals surface area contributed by atoms with Crippen molar-refractivity contribution in [1.82, 2.24) is 9.97 Å². The van der Waals surface area contributed by atoms with Crippen LogP contribution in [0.25, 0.3) is 11.3 Å². The number of nitrogens with one attached hydrogen (secondary N) is 1. The summed E-state index contributed by atoms with van der Waals surface area (Å²) in [5.74, 6) is -0.770. The number of carboxylic acid groups (broad SMARTS) is 1. The van der Waals surface area contributed by atoms with Gasteiger partial charge in [0.15, 0.2) is 5.69 Å². The molecule has 0 saturated heterocycles. The van der Waals surface area contributed by atoms with Gasteiger partial charge >= 0.3 is 5.97 Å².